The van der Waals surface area contributed by atoms with Crippen molar-refractivity contribution in [3.8, 4) is 6.01 Å². The molecule has 0 spiro atoms. The highest BCUT2D eigenvalue weighted by atomic mass is 16.5. The van der Waals surface area contributed by atoms with Crippen molar-refractivity contribution in [2.75, 3.05) is 24.4 Å². The summed E-state index contributed by atoms with van der Waals surface area (Å²) in [6, 6.07) is 9.96. The highest BCUT2D eigenvalue weighted by molar-refractivity contribution is 5.79. The van der Waals surface area contributed by atoms with Gasteiger partial charge in [0.05, 0.1) is 13.3 Å². The maximum atomic E-state index is 5.01. The van der Waals surface area contributed by atoms with Gasteiger partial charge in [-0.15, -0.1) is 0 Å². The molecular formula is C13H16N6O. The number of ether oxygens (including phenoxy) is 1. The van der Waals surface area contributed by atoms with Gasteiger partial charge in [-0.1, -0.05) is 30.3 Å². The molecule has 0 unspecified atom stereocenters. The van der Waals surface area contributed by atoms with Crippen molar-refractivity contribution in [1.29, 1.82) is 0 Å². The number of hydrogen-bond donors (Lipinski definition) is 2. The molecule has 1 heterocycles. The third-order valence-corrected chi connectivity index (χ3v) is 2.31. The molecule has 1 aromatic heterocycles. The van der Waals surface area contributed by atoms with Gasteiger partial charge >= 0.3 is 6.01 Å². The van der Waals surface area contributed by atoms with E-state index in [1.807, 2.05) is 37.3 Å². The Morgan fingerprint density at radius 1 is 1.15 bits per heavy atom. The van der Waals surface area contributed by atoms with Crippen molar-refractivity contribution in [2.24, 2.45) is 5.10 Å². The minimum absolute atomic E-state index is 0.230. The van der Waals surface area contributed by atoms with Crippen LogP contribution in [0.5, 0.6) is 6.01 Å². The summed E-state index contributed by atoms with van der Waals surface area (Å²) in [5, 5.41) is 7.07. The smallest absolute Gasteiger partial charge is 0.322 e. The Bertz CT molecular complexity index is 572. The number of nitrogens with zero attached hydrogens (tertiary/aromatic N) is 4. The summed E-state index contributed by atoms with van der Waals surface area (Å²) in [7, 11) is 1.50. The molecule has 0 amide bonds. The second kappa shape index (κ2) is 7.03. The zero-order valence-electron chi connectivity index (χ0n) is 11.4. The molecule has 2 rings (SSSR count). The van der Waals surface area contributed by atoms with Crippen LogP contribution in [0.25, 0.3) is 0 Å². The first-order chi connectivity index (χ1) is 9.81. The lowest BCUT2D eigenvalue weighted by Gasteiger charge is -2.05. The average molecular weight is 272 g/mol. The zero-order chi connectivity index (χ0) is 14.2. The zero-order valence-corrected chi connectivity index (χ0v) is 11.4. The molecular weight excluding hydrogens is 256 g/mol. The number of aromatic nitrogens is 3. The Hall–Kier alpha value is -2.70. The second-order valence-corrected chi connectivity index (χ2v) is 3.78. The fraction of sp³-hybridized carbons (Fsp3) is 0.231. The molecule has 0 aliphatic carbocycles. The summed E-state index contributed by atoms with van der Waals surface area (Å²) >= 11 is 0. The Balaban J connectivity index is 2.08. The third kappa shape index (κ3) is 3.91. The quantitative estimate of drug-likeness (QED) is 0.615. The molecule has 20 heavy (non-hydrogen) atoms. The predicted octanol–water partition coefficient (Wildman–Crippen LogP) is 1.76. The molecule has 2 aromatic rings. The van der Waals surface area contributed by atoms with Crippen LogP contribution in [0.2, 0.25) is 0 Å². The number of rotatable bonds is 6. The SMILES string of the molecule is CCNc1nc(N/N=C/c2ccccc2)nc(OC)n1. The summed E-state index contributed by atoms with van der Waals surface area (Å²) in [5.74, 6) is 0.761. The van der Waals surface area contributed by atoms with E-state index in [1.54, 1.807) is 6.21 Å². The molecule has 0 radical (unpaired) electrons. The predicted molar refractivity (Wildman–Crippen MR) is 78.2 cm³/mol. The minimum Gasteiger partial charge on any atom is -0.467 e. The first-order valence-electron chi connectivity index (χ1n) is 6.20. The van der Waals surface area contributed by atoms with E-state index in [9.17, 15) is 0 Å². The maximum Gasteiger partial charge on any atom is 0.322 e. The van der Waals surface area contributed by atoms with Crippen LogP contribution in [0, 0.1) is 0 Å². The highest BCUT2D eigenvalue weighted by Gasteiger charge is 2.04. The standard InChI is InChI=1S/C13H16N6O/c1-3-14-11-16-12(18-13(17-11)20-2)19-15-9-10-7-5-4-6-8-10/h4-9H,3H2,1-2H3,(H2,14,16,17,18,19)/b15-9+. The van der Waals surface area contributed by atoms with Crippen molar-refractivity contribution in [3.63, 3.8) is 0 Å². The van der Waals surface area contributed by atoms with Crippen LogP contribution in [0.15, 0.2) is 35.4 Å². The van der Waals surface area contributed by atoms with E-state index in [0.717, 1.165) is 5.56 Å². The first kappa shape index (κ1) is 13.7. The number of methoxy groups -OCH3 is 1. The van der Waals surface area contributed by atoms with E-state index >= 15 is 0 Å². The van der Waals surface area contributed by atoms with Gasteiger partial charge in [-0.25, -0.2) is 5.43 Å². The van der Waals surface area contributed by atoms with Crippen LogP contribution < -0.4 is 15.5 Å². The fourth-order valence-corrected chi connectivity index (χ4v) is 1.44. The van der Waals surface area contributed by atoms with Gasteiger partial charge in [-0.2, -0.15) is 20.1 Å². The largest absolute Gasteiger partial charge is 0.467 e. The maximum absolute atomic E-state index is 5.01. The molecule has 7 nitrogen and oxygen atoms in total. The van der Waals surface area contributed by atoms with Crippen molar-refractivity contribution < 1.29 is 4.74 Å². The lowest BCUT2D eigenvalue weighted by Crippen LogP contribution is -2.07. The van der Waals surface area contributed by atoms with Crippen molar-refractivity contribution in [3.05, 3.63) is 35.9 Å². The summed E-state index contributed by atoms with van der Waals surface area (Å²) in [5.41, 5.74) is 3.73. The van der Waals surface area contributed by atoms with Crippen LogP contribution in [-0.2, 0) is 0 Å². The van der Waals surface area contributed by atoms with Crippen molar-refractivity contribution in [2.45, 2.75) is 6.92 Å². The molecule has 0 aliphatic heterocycles. The number of hydrazone groups is 1. The van der Waals surface area contributed by atoms with Gasteiger partial charge in [-0.05, 0) is 12.5 Å². The number of nitrogens with one attached hydrogen (secondary N) is 2. The summed E-state index contributed by atoms with van der Waals surface area (Å²) in [6.45, 7) is 2.66. The molecule has 1 aromatic carbocycles. The van der Waals surface area contributed by atoms with Crippen LogP contribution in [-0.4, -0.2) is 34.8 Å². The van der Waals surface area contributed by atoms with Crippen LogP contribution >= 0.6 is 0 Å². The van der Waals surface area contributed by atoms with E-state index in [4.69, 9.17) is 4.74 Å². The second-order valence-electron chi connectivity index (χ2n) is 3.78. The average Bonchev–Trinajstić information content (AvgIpc) is 2.48. The van der Waals surface area contributed by atoms with Gasteiger partial charge in [0.2, 0.25) is 5.95 Å². The monoisotopic (exact) mass is 272 g/mol. The molecule has 0 aliphatic rings. The summed E-state index contributed by atoms with van der Waals surface area (Å²) in [4.78, 5) is 12.3. The summed E-state index contributed by atoms with van der Waals surface area (Å²) < 4.78 is 5.01. The molecule has 0 bridgehead atoms. The molecule has 0 saturated carbocycles. The van der Waals surface area contributed by atoms with Crippen molar-refractivity contribution >= 4 is 18.1 Å². The van der Waals surface area contributed by atoms with E-state index in [0.29, 0.717) is 18.4 Å². The minimum atomic E-state index is 0.230. The Morgan fingerprint density at radius 3 is 2.60 bits per heavy atom. The Morgan fingerprint density at radius 2 is 1.90 bits per heavy atom. The van der Waals surface area contributed by atoms with Crippen LogP contribution in [0.3, 0.4) is 0 Å². The molecule has 7 heteroatoms. The lowest BCUT2D eigenvalue weighted by molar-refractivity contribution is 0.379. The summed E-state index contributed by atoms with van der Waals surface area (Å²) in [6.07, 6.45) is 1.68. The van der Waals surface area contributed by atoms with E-state index in [1.165, 1.54) is 7.11 Å². The van der Waals surface area contributed by atoms with Gasteiger partial charge in [0.25, 0.3) is 5.95 Å². The molecule has 0 fully saturated rings. The topological polar surface area (TPSA) is 84.3 Å². The van der Waals surface area contributed by atoms with E-state index < -0.39 is 0 Å². The van der Waals surface area contributed by atoms with E-state index in [2.05, 4.69) is 30.8 Å². The van der Waals surface area contributed by atoms with Gasteiger partial charge in [0.15, 0.2) is 0 Å². The van der Waals surface area contributed by atoms with Gasteiger partial charge in [-0.3, -0.25) is 0 Å². The molecule has 2 N–H and O–H groups in total. The van der Waals surface area contributed by atoms with Crippen LogP contribution in [0.1, 0.15) is 12.5 Å². The van der Waals surface area contributed by atoms with Gasteiger partial charge in [0, 0.05) is 6.54 Å². The normalized spacial score (nSPS) is 10.5. The van der Waals surface area contributed by atoms with E-state index in [-0.39, 0.29) is 6.01 Å². The van der Waals surface area contributed by atoms with Gasteiger partial charge in [0.1, 0.15) is 0 Å². The number of benzene rings is 1. The van der Waals surface area contributed by atoms with Gasteiger partial charge < -0.3 is 10.1 Å². The lowest BCUT2D eigenvalue weighted by atomic mass is 10.2. The third-order valence-electron chi connectivity index (χ3n) is 2.31. The first-order valence-corrected chi connectivity index (χ1v) is 6.20. The Labute approximate surface area is 117 Å². The molecule has 0 saturated heterocycles. The Kier molecular flexibility index (Phi) is 4.82. The fourth-order valence-electron chi connectivity index (χ4n) is 1.44. The van der Waals surface area contributed by atoms with Crippen LogP contribution in [0.4, 0.5) is 11.9 Å². The highest BCUT2D eigenvalue weighted by Crippen LogP contribution is 2.10. The molecule has 0 atom stereocenters. The number of hydrogen-bond acceptors (Lipinski definition) is 7. The van der Waals surface area contributed by atoms with Crippen molar-refractivity contribution in [1.82, 2.24) is 15.0 Å². The molecule has 104 valence electrons. The number of anilines is 2.